The maximum atomic E-state index is 15.5. The molecule has 2 aromatic heterocycles. The van der Waals surface area contributed by atoms with Gasteiger partial charge in [0.15, 0.2) is 0 Å². The number of alkyl halides is 1. The van der Waals surface area contributed by atoms with Gasteiger partial charge in [0.1, 0.15) is 11.9 Å². The van der Waals surface area contributed by atoms with Gasteiger partial charge in [0.25, 0.3) is 0 Å². The van der Waals surface area contributed by atoms with Gasteiger partial charge in [-0.3, -0.25) is 19.7 Å². The van der Waals surface area contributed by atoms with E-state index in [0.29, 0.717) is 37.1 Å². The summed E-state index contributed by atoms with van der Waals surface area (Å²) in [6.07, 6.45) is 6.74. The number of pyridine rings is 2. The van der Waals surface area contributed by atoms with E-state index in [1.54, 1.807) is 31.8 Å². The lowest BCUT2D eigenvalue weighted by Gasteiger charge is -2.38. The Morgan fingerprint density at radius 2 is 2.14 bits per heavy atom. The quantitative estimate of drug-likeness (QED) is 0.412. The van der Waals surface area contributed by atoms with E-state index in [0.717, 1.165) is 36.0 Å². The Kier molecular flexibility index (Phi) is 8.85. The number of hydrogen-bond acceptors (Lipinski definition) is 5. The molecule has 4 rings (SSSR count). The number of hydrogen-bond donors (Lipinski definition) is 1. The number of carboxylic acid groups (broad SMARTS) is 1. The van der Waals surface area contributed by atoms with E-state index in [2.05, 4.69) is 26.7 Å². The molecule has 3 atom stereocenters. The van der Waals surface area contributed by atoms with Crippen molar-refractivity contribution < 1.29 is 19.0 Å². The molecule has 1 fully saturated rings. The van der Waals surface area contributed by atoms with Crippen LogP contribution in [0.5, 0.6) is 5.75 Å². The SMILES string of the molecule is COc1ccc2nccc([C@@H](F)CCC3CCN(CC#Cc4cccnc4)CC3CCC(=O)O)c2c1. The number of carboxylic acids is 1. The topological polar surface area (TPSA) is 75.5 Å². The highest BCUT2D eigenvalue weighted by Crippen LogP contribution is 2.36. The number of halogens is 1. The predicted octanol–water partition coefficient (Wildman–Crippen LogP) is 5.28. The van der Waals surface area contributed by atoms with Gasteiger partial charge in [0, 0.05) is 42.5 Å². The number of ether oxygens (including phenoxy) is 1. The van der Waals surface area contributed by atoms with Crippen molar-refractivity contribution in [2.75, 3.05) is 26.7 Å². The average molecular weight is 490 g/mol. The van der Waals surface area contributed by atoms with E-state index in [4.69, 9.17) is 4.74 Å². The first-order valence-corrected chi connectivity index (χ1v) is 12.4. The Labute approximate surface area is 211 Å². The molecule has 1 N–H and O–H groups in total. The van der Waals surface area contributed by atoms with Crippen molar-refractivity contribution in [2.45, 2.75) is 38.3 Å². The minimum Gasteiger partial charge on any atom is -0.497 e. The van der Waals surface area contributed by atoms with Crippen LogP contribution < -0.4 is 4.74 Å². The Bertz CT molecular complexity index is 1220. The summed E-state index contributed by atoms with van der Waals surface area (Å²) < 4.78 is 20.8. The van der Waals surface area contributed by atoms with Crippen molar-refractivity contribution in [3.63, 3.8) is 0 Å². The molecule has 0 aliphatic carbocycles. The normalized spacial score (nSPS) is 18.8. The number of fused-ring (bicyclic) bond motifs is 1. The maximum absolute atomic E-state index is 15.5. The van der Waals surface area contributed by atoms with Crippen molar-refractivity contribution in [1.29, 1.82) is 0 Å². The molecule has 188 valence electrons. The first-order valence-electron chi connectivity index (χ1n) is 12.4. The number of likely N-dealkylation sites (tertiary alicyclic amines) is 1. The number of carbonyl (C=O) groups is 1. The second kappa shape index (κ2) is 12.5. The second-order valence-electron chi connectivity index (χ2n) is 9.35. The predicted molar refractivity (Wildman–Crippen MR) is 137 cm³/mol. The molecule has 0 amide bonds. The average Bonchev–Trinajstić information content (AvgIpc) is 2.91. The summed E-state index contributed by atoms with van der Waals surface area (Å²) >= 11 is 0. The number of methoxy groups -OCH3 is 1. The summed E-state index contributed by atoms with van der Waals surface area (Å²) in [5.41, 5.74) is 2.25. The fourth-order valence-corrected chi connectivity index (χ4v) is 5.07. The number of nitrogens with zero attached hydrogens (tertiary/aromatic N) is 3. The smallest absolute Gasteiger partial charge is 0.303 e. The molecule has 1 aromatic carbocycles. The van der Waals surface area contributed by atoms with Gasteiger partial charge in [-0.1, -0.05) is 11.8 Å². The van der Waals surface area contributed by atoms with Crippen LogP contribution in [0.15, 0.2) is 55.0 Å². The molecule has 0 saturated carbocycles. The van der Waals surface area contributed by atoms with E-state index >= 15 is 4.39 Å². The number of aromatic nitrogens is 2. The van der Waals surface area contributed by atoms with Gasteiger partial charge in [-0.25, -0.2) is 4.39 Å². The third kappa shape index (κ3) is 6.79. The third-order valence-corrected chi connectivity index (χ3v) is 7.01. The van der Waals surface area contributed by atoms with Gasteiger partial charge in [0.05, 0.1) is 19.2 Å². The molecule has 7 heteroatoms. The molecule has 1 aliphatic rings. The molecule has 0 bridgehead atoms. The zero-order valence-electron chi connectivity index (χ0n) is 20.6. The zero-order chi connectivity index (χ0) is 25.3. The summed E-state index contributed by atoms with van der Waals surface area (Å²) in [5, 5.41) is 10.0. The maximum Gasteiger partial charge on any atom is 0.303 e. The summed E-state index contributed by atoms with van der Waals surface area (Å²) in [4.78, 5) is 22.0. The summed E-state index contributed by atoms with van der Waals surface area (Å²) in [6.45, 7) is 2.29. The number of piperidine rings is 1. The molecule has 0 spiro atoms. The minimum absolute atomic E-state index is 0.129. The summed E-state index contributed by atoms with van der Waals surface area (Å²) in [6, 6.07) is 11.1. The molecular formula is C29H32FN3O3. The highest BCUT2D eigenvalue weighted by molar-refractivity contribution is 5.83. The number of aliphatic carboxylic acids is 1. The standard InChI is InChI=1S/C29H32FN3O3/c1-36-24-8-10-28-26(18-24)25(12-15-32-28)27(30)9-6-22-13-17-33(20-23(22)7-11-29(34)35)16-3-5-21-4-2-14-31-19-21/h2,4,8,10,12,14-15,18-19,22-23,27H,6-7,9,11,13,16-17,20H2,1H3,(H,34,35)/t22?,23?,27-/m0/s1. The van der Waals surface area contributed by atoms with E-state index in [1.165, 1.54) is 0 Å². The Morgan fingerprint density at radius 1 is 1.25 bits per heavy atom. The van der Waals surface area contributed by atoms with Crippen molar-refractivity contribution in [3.8, 4) is 17.6 Å². The van der Waals surface area contributed by atoms with Crippen molar-refractivity contribution in [2.24, 2.45) is 11.8 Å². The molecule has 1 aliphatic heterocycles. The van der Waals surface area contributed by atoms with Crippen molar-refractivity contribution in [3.05, 3.63) is 66.1 Å². The number of rotatable bonds is 9. The zero-order valence-corrected chi connectivity index (χ0v) is 20.6. The Morgan fingerprint density at radius 3 is 2.92 bits per heavy atom. The van der Waals surface area contributed by atoms with Crippen LogP contribution in [-0.4, -0.2) is 52.7 Å². The van der Waals surface area contributed by atoms with Gasteiger partial charge < -0.3 is 9.84 Å². The number of benzene rings is 1. The van der Waals surface area contributed by atoms with Crippen molar-refractivity contribution in [1.82, 2.24) is 14.9 Å². The van der Waals surface area contributed by atoms with Gasteiger partial charge in [-0.15, -0.1) is 0 Å². The van der Waals surface area contributed by atoms with E-state index in [1.807, 2.05) is 30.3 Å². The minimum atomic E-state index is -1.12. The molecular weight excluding hydrogens is 457 g/mol. The van der Waals surface area contributed by atoms with Crippen LogP contribution in [0.4, 0.5) is 4.39 Å². The van der Waals surface area contributed by atoms with Crippen LogP contribution in [-0.2, 0) is 4.79 Å². The largest absolute Gasteiger partial charge is 0.497 e. The van der Waals surface area contributed by atoms with Crippen LogP contribution in [0.3, 0.4) is 0 Å². The molecule has 6 nitrogen and oxygen atoms in total. The van der Waals surface area contributed by atoms with Crippen LogP contribution in [0.2, 0.25) is 0 Å². The molecule has 3 aromatic rings. The van der Waals surface area contributed by atoms with Crippen LogP contribution in [0, 0.1) is 23.7 Å². The third-order valence-electron chi connectivity index (χ3n) is 7.01. The lowest BCUT2D eigenvalue weighted by molar-refractivity contribution is -0.137. The van der Waals surface area contributed by atoms with Gasteiger partial charge >= 0.3 is 5.97 Å². The monoisotopic (exact) mass is 489 g/mol. The van der Waals surface area contributed by atoms with Crippen LogP contribution >= 0.6 is 0 Å². The highest BCUT2D eigenvalue weighted by atomic mass is 19.1. The second-order valence-corrected chi connectivity index (χ2v) is 9.35. The lowest BCUT2D eigenvalue weighted by atomic mass is 9.79. The van der Waals surface area contributed by atoms with Crippen LogP contribution in [0.1, 0.15) is 49.4 Å². The molecule has 36 heavy (non-hydrogen) atoms. The van der Waals surface area contributed by atoms with Gasteiger partial charge in [-0.2, -0.15) is 0 Å². The van der Waals surface area contributed by atoms with Crippen molar-refractivity contribution >= 4 is 16.9 Å². The molecule has 1 saturated heterocycles. The lowest BCUT2D eigenvalue weighted by Crippen LogP contribution is -2.41. The van der Waals surface area contributed by atoms with E-state index in [9.17, 15) is 9.90 Å². The van der Waals surface area contributed by atoms with Crippen LogP contribution in [0.25, 0.3) is 10.9 Å². The van der Waals surface area contributed by atoms with E-state index < -0.39 is 12.1 Å². The first-order chi connectivity index (χ1) is 17.5. The highest BCUT2D eigenvalue weighted by Gasteiger charge is 2.30. The Balaban J connectivity index is 1.39. The summed E-state index contributed by atoms with van der Waals surface area (Å²) in [7, 11) is 1.60. The van der Waals surface area contributed by atoms with Gasteiger partial charge in [-0.05, 0) is 86.0 Å². The molecule has 2 unspecified atom stereocenters. The molecule has 3 heterocycles. The Hall–Kier alpha value is -3.50. The fourth-order valence-electron chi connectivity index (χ4n) is 5.07. The molecule has 0 radical (unpaired) electrons. The summed E-state index contributed by atoms with van der Waals surface area (Å²) in [5.74, 6) is 6.73. The fraction of sp³-hybridized carbons (Fsp3) is 0.414. The van der Waals surface area contributed by atoms with Gasteiger partial charge in [0.2, 0.25) is 0 Å². The first kappa shape index (κ1) is 25.6. The van der Waals surface area contributed by atoms with E-state index in [-0.39, 0.29) is 18.3 Å².